The molecule has 0 saturated carbocycles. The lowest BCUT2D eigenvalue weighted by atomic mass is 10.5. The first-order valence-electron chi connectivity index (χ1n) is 16.7. The highest BCUT2D eigenvalue weighted by Crippen LogP contribution is 1.99. The number of aliphatic hydroxyl groups is 1. The van der Waals surface area contributed by atoms with Crippen molar-refractivity contribution in [2.24, 2.45) is 0 Å². The molecule has 0 fully saturated rings. The zero-order valence-corrected chi connectivity index (χ0v) is 43.3. The van der Waals surface area contributed by atoms with Crippen molar-refractivity contribution in [3.05, 3.63) is 75.9 Å². The Labute approximate surface area is 396 Å². The molecular formula is C30H60Cl3NO19S8. The van der Waals surface area contributed by atoms with Crippen LogP contribution in [0, 0.1) is 0 Å². The molecule has 0 amide bonds. The smallest absolute Gasteiger partial charge is 0.320 e. The topological polar surface area (TPSA) is 252 Å². The van der Waals surface area contributed by atoms with E-state index in [0.29, 0.717) is 13.2 Å². The van der Waals surface area contributed by atoms with Gasteiger partial charge in [-0.3, -0.25) is 29.3 Å². The summed E-state index contributed by atoms with van der Waals surface area (Å²) in [4.78, 5) is 2.38. The summed E-state index contributed by atoms with van der Waals surface area (Å²) >= 11 is -12.3. The summed E-state index contributed by atoms with van der Waals surface area (Å²) in [5.74, 6) is 0. The van der Waals surface area contributed by atoms with E-state index in [2.05, 4.69) is 127 Å². The minimum Gasteiger partial charge on any atom is -0.392 e. The van der Waals surface area contributed by atoms with Crippen molar-refractivity contribution in [3.8, 4) is 0 Å². The van der Waals surface area contributed by atoms with Gasteiger partial charge in [-0.25, -0.2) is 8.42 Å². The molecule has 0 radical (unpaired) electrons. The fourth-order valence-electron chi connectivity index (χ4n) is 1.74. The zero-order chi connectivity index (χ0) is 48.7. The van der Waals surface area contributed by atoms with Crippen molar-refractivity contribution in [2.45, 2.75) is 47.5 Å². The molecule has 31 heteroatoms. The summed E-state index contributed by atoms with van der Waals surface area (Å²) in [5, 5.41) is 7.76. The van der Waals surface area contributed by atoms with E-state index >= 15 is 0 Å². The molecule has 0 heterocycles. The predicted octanol–water partition coefficient (Wildman–Crippen LogP) is 5.71. The highest BCUT2D eigenvalue weighted by atomic mass is 36.0. The van der Waals surface area contributed by atoms with Crippen LogP contribution in [-0.4, -0.2) is 116 Å². The average Bonchev–Trinajstić information content (AvgIpc) is 3.22. The number of hydrogen-bond acceptors (Lipinski definition) is 20. The van der Waals surface area contributed by atoms with Crippen molar-refractivity contribution in [3.63, 3.8) is 0 Å². The summed E-state index contributed by atoms with van der Waals surface area (Å²) in [6, 6.07) is 0. The Bertz CT molecular complexity index is 1140. The van der Waals surface area contributed by atoms with E-state index in [-0.39, 0.29) is 39.6 Å². The van der Waals surface area contributed by atoms with Gasteiger partial charge in [0, 0.05) is 32.0 Å². The van der Waals surface area contributed by atoms with Gasteiger partial charge < -0.3 is 10.0 Å². The van der Waals surface area contributed by atoms with Gasteiger partial charge in [0.15, 0.2) is 0 Å². The monoisotopic (exact) mass is 1100 g/mol. The van der Waals surface area contributed by atoms with Crippen LogP contribution in [0.2, 0.25) is 0 Å². The summed E-state index contributed by atoms with van der Waals surface area (Å²) in [6.07, 6.45) is 9.88. The first-order valence-corrected chi connectivity index (χ1v) is 27.4. The Hall–Kier alpha value is 0.0300. The van der Waals surface area contributed by atoms with Crippen LogP contribution >= 0.6 is 32.0 Å². The van der Waals surface area contributed by atoms with Crippen LogP contribution in [0.5, 0.6) is 0 Å². The van der Waals surface area contributed by atoms with Crippen molar-refractivity contribution in [1.82, 2.24) is 4.90 Å². The van der Waals surface area contributed by atoms with E-state index in [1.54, 1.807) is 0 Å². The third-order valence-corrected chi connectivity index (χ3v) is 9.27. The molecular weight excluding hydrogens is 1040 g/mol. The SMILES string of the molecule is C=CCO.C=CCOS(=O)Cl.C=CCOS(=O)OS(=O)OCC=C.C=CCOS(=O)OS(=O)OCC=C.CCCOS(=O)OS(=O)OCCC.CCN(CC)CC.O=S(Cl)Cl. The van der Waals surface area contributed by atoms with Gasteiger partial charge in [0.25, 0.3) is 10.3 Å². The molecule has 0 aliphatic heterocycles. The van der Waals surface area contributed by atoms with Gasteiger partial charge in [0.1, 0.15) is 0 Å². The summed E-state index contributed by atoms with van der Waals surface area (Å²) in [7, 11) is 10.6. The Balaban J connectivity index is -0.000000116. The van der Waals surface area contributed by atoms with Crippen LogP contribution in [0.4, 0.5) is 0 Å². The zero-order valence-electron chi connectivity index (χ0n) is 34.5. The maximum atomic E-state index is 10.8. The molecule has 0 aliphatic carbocycles. The molecule has 0 aromatic carbocycles. The molecule has 0 aliphatic rings. The van der Waals surface area contributed by atoms with Crippen molar-refractivity contribution < 1.29 is 78.9 Å². The van der Waals surface area contributed by atoms with Gasteiger partial charge >= 0.3 is 68.2 Å². The lowest BCUT2D eigenvalue weighted by molar-refractivity contribution is 0.283. The first-order chi connectivity index (χ1) is 28.9. The van der Waals surface area contributed by atoms with Gasteiger partial charge in [0.2, 0.25) is 9.23 Å². The second-order valence-corrected chi connectivity index (χ2v) is 17.8. The van der Waals surface area contributed by atoms with Crippen LogP contribution in [0.3, 0.4) is 0 Å². The summed E-state index contributed by atoms with van der Waals surface area (Å²) in [6.45, 7) is 34.8. The van der Waals surface area contributed by atoms with Crippen molar-refractivity contribution in [1.29, 1.82) is 0 Å². The van der Waals surface area contributed by atoms with Gasteiger partial charge in [-0.15, -0.1) is 50.4 Å². The minimum absolute atomic E-state index is 0.0469. The van der Waals surface area contributed by atoms with Crippen molar-refractivity contribution in [2.75, 3.05) is 72.5 Å². The first kappa shape index (κ1) is 75.3. The van der Waals surface area contributed by atoms with Crippen molar-refractivity contribution >= 4 is 120 Å². The molecule has 0 bridgehead atoms. The second kappa shape index (κ2) is 66.6. The second-order valence-electron chi connectivity index (χ2n) is 8.41. The van der Waals surface area contributed by atoms with Crippen LogP contribution in [-0.2, 0) is 128 Å². The van der Waals surface area contributed by atoms with Crippen LogP contribution in [0.1, 0.15) is 47.5 Å². The third-order valence-electron chi connectivity index (χ3n) is 3.98. The molecule has 1 N–H and O–H groups in total. The molecule has 0 rings (SSSR count). The quantitative estimate of drug-likeness (QED) is 0.0645. The molecule has 1 unspecified atom stereocenters. The van der Waals surface area contributed by atoms with E-state index in [9.17, 15) is 29.5 Å². The maximum Gasteiger partial charge on any atom is 0.320 e. The standard InChI is InChI=1S/C6H15N.C6H14O5S2.2C6H10O5S2.C3H5ClO2S.C3H6O.Cl2OS/c1-4-7(5-2)6-3;3*1-3-5-9-12(7)11-13(8)10-6-4-2;1-2-3-6-7(4)5;1-2-3-4;1-4(2)3/h4-6H2,1-3H3;3-6H2,1-2H3;2*3-4H,1-2,5-6H2;2H,1,3H2;2,4H,1,3H2;. The lowest BCUT2D eigenvalue weighted by Gasteiger charge is -2.13. The number of halogens is 3. The highest BCUT2D eigenvalue weighted by molar-refractivity contribution is 8.26. The van der Waals surface area contributed by atoms with E-state index in [1.807, 2.05) is 13.8 Å². The summed E-state index contributed by atoms with van der Waals surface area (Å²) in [5.41, 5.74) is 0. The average molecular weight is 1100 g/mol. The van der Waals surface area contributed by atoms with E-state index < -0.39 is 87.7 Å². The minimum atomic E-state index is -2.08. The third kappa shape index (κ3) is 91.4. The molecule has 0 spiro atoms. The van der Waals surface area contributed by atoms with E-state index in [4.69, 9.17) is 20.0 Å². The Morgan fingerprint density at radius 2 is 0.656 bits per heavy atom. The van der Waals surface area contributed by atoms with Gasteiger partial charge in [-0.05, 0) is 32.5 Å². The molecule has 0 aromatic rings. The Morgan fingerprint density at radius 1 is 0.443 bits per heavy atom. The Kier molecular flexibility index (Phi) is 82.3. The molecule has 368 valence electrons. The molecule has 0 aromatic heterocycles. The van der Waals surface area contributed by atoms with Gasteiger partial charge in [-0.1, -0.05) is 71.1 Å². The fraction of sp³-hybridized carbons (Fsp3) is 0.600. The Morgan fingerprint density at radius 3 is 0.787 bits per heavy atom. The number of hydrogen-bond donors (Lipinski definition) is 1. The van der Waals surface area contributed by atoms with Crippen LogP contribution in [0.25, 0.3) is 0 Å². The van der Waals surface area contributed by atoms with Crippen LogP contribution < -0.4 is 0 Å². The molecule has 61 heavy (non-hydrogen) atoms. The molecule has 1 atom stereocenters. The number of aliphatic hydroxyl groups excluding tert-OH is 1. The number of nitrogens with zero attached hydrogens (tertiary/aromatic N) is 1. The predicted molar refractivity (Wildman–Crippen MR) is 250 cm³/mol. The largest absolute Gasteiger partial charge is 0.392 e. The maximum absolute atomic E-state index is 10.8. The fourth-order valence-corrected chi connectivity index (χ4v) is 5.57. The molecule has 20 nitrogen and oxygen atoms in total. The number of rotatable bonds is 31. The normalized spacial score (nSPS) is 13.3. The molecule has 0 saturated heterocycles. The lowest BCUT2D eigenvalue weighted by Crippen LogP contribution is -2.21. The van der Waals surface area contributed by atoms with E-state index in [0.717, 1.165) is 12.8 Å². The van der Waals surface area contributed by atoms with Crippen LogP contribution in [0.15, 0.2) is 75.9 Å². The van der Waals surface area contributed by atoms with E-state index in [1.165, 1.54) is 56.1 Å². The summed E-state index contributed by atoms with van der Waals surface area (Å²) < 4.78 is 128. The van der Waals surface area contributed by atoms with Gasteiger partial charge in [-0.2, -0.15) is 25.3 Å². The van der Waals surface area contributed by atoms with Gasteiger partial charge in [0.05, 0.1) is 52.9 Å². The highest BCUT2D eigenvalue weighted by Gasteiger charge is 2.09.